The summed E-state index contributed by atoms with van der Waals surface area (Å²) in [6, 6.07) is 11.6. The van der Waals surface area contributed by atoms with Crippen LogP contribution < -0.4 is 14.5 Å². The Morgan fingerprint density at radius 1 is 0.862 bits per heavy atom. The van der Waals surface area contributed by atoms with Crippen molar-refractivity contribution >= 4 is 17.5 Å². The molecule has 1 aromatic heterocycles. The molecule has 2 saturated heterocycles. The Labute approximate surface area is 172 Å². The van der Waals surface area contributed by atoms with Gasteiger partial charge in [-0.2, -0.15) is 0 Å². The van der Waals surface area contributed by atoms with Gasteiger partial charge in [-0.25, -0.2) is 0 Å². The zero-order valence-corrected chi connectivity index (χ0v) is 17.1. The number of piperazine rings is 1. The van der Waals surface area contributed by atoms with E-state index in [1.165, 1.54) is 19.3 Å². The Balaban J connectivity index is 1.36. The molecule has 29 heavy (non-hydrogen) atoms. The molecule has 0 unspecified atom stereocenters. The fraction of sp³-hybridized carbons (Fsp3) is 0.500. The summed E-state index contributed by atoms with van der Waals surface area (Å²) in [4.78, 5) is 19.4. The highest BCUT2D eigenvalue weighted by molar-refractivity contribution is 5.97. The van der Waals surface area contributed by atoms with Crippen LogP contribution >= 0.6 is 0 Å². The predicted molar refractivity (Wildman–Crippen MR) is 114 cm³/mol. The van der Waals surface area contributed by atoms with Gasteiger partial charge in [-0.1, -0.05) is 12.1 Å². The maximum absolute atomic E-state index is 13.0. The van der Waals surface area contributed by atoms with Crippen LogP contribution in [-0.4, -0.2) is 66.9 Å². The number of carbonyl (C=O) groups is 1. The van der Waals surface area contributed by atoms with Crippen molar-refractivity contribution in [1.82, 2.24) is 15.1 Å². The first-order valence-electron chi connectivity index (χ1n) is 10.6. The molecule has 2 aromatic rings. The minimum atomic E-state index is 0.0280. The van der Waals surface area contributed by atoms with Gasteiger partial charge in [0.05, 0.1) is 12.2 Å². The van der Waals surface area contributed by atoms with Crippen LogP contribution in [-0.2, 0) is 0 Å². The number of hydrogen-bond acceptors (Lipinski definition) is 6. The van der Waals surface area contributed by atoms with Crippen LogP contribution in [0.2, 0.25) is 0 Å². The highest BCUT2D eigenvalue weighted by atomic mass is 16.5. The highest BCUT2D eigenvalue weighted by Crippen LogP contribution is 2.23. The summed E-state index contributed by atoms with van der Waals surface area (Å²) < 4.78 is 5.62. The van der Waals surface area contributed by atoms with Crippen LogP contribution in [0.5, 0.6) is 5.75 Å². The molecule has 2 fully saturated rings. The van der Waals surface area contributed by atoms with E-state index in [0.29, 0.717) is 31.0 Å². The van der Waals surface area contributed by atoms with Crippen LogP contribution in [0.4, 0.5) is 11.6 Å². The molecular weight excluding hydrogens is 366 g/mol. The lowest BCUT2D eigenvalue weighted by atomic mass is 10.1. The molecular formula is C22H29N5O2. The largest absolute Gasteiger partial charge is 0.493 e. The van der Waals surface area contributed by atoms with Crippen LogP contribution in [0.25, 0.3) is 0 Å². The maximum atomic E-state index is 13.0. The number of piperidine rings is 1. The minimum absolute atomic E-state index is 0.0280. The molecule has 0 N–H and O–H groups in total. The lowest BCUT2D eigenvalue weighted by molar-refractivity contribution is 0.0742. The normalized spacial score (nSPS) is 17.3. The van der Waals surface area contributed by atoms with Gasteiger partial charge in [0, 0.05) is 39.3 Å². The number of hydrogen-bond donors (Lipinski definition) is 0. The van der Waals surface area contributed by atoms with Gasteiger partial charge in [0.15, 0.2) is 11.6 Å². The number of para-hydroxylation sites is 1. The molecule has 0 radical (unpaired) electrons. The quantitative estimate of drug-likeness (QED) is 0.776. The number of rotatable bonds is 5. The number of benzene rings is 1. The average molecular weight is 396 g/mol. The highest BCUT2D eigenvalue weighted by Gasteiger charge is 2.25. The average Bonchev–Trinajstić information content (AvgIpc) is 2.80. The van der Waals surface area contributed by atoms with Gasteiger partial charge in [0.25, 0.3) is 5.91 Å². The smallest absolute Gasteiger partial charge is 0.257 e. The van der Waals surface area contributed by atoms with Gasteiger partial charge in [0.1, 0.15) is 5.75 Å². The van der Waals surface area contributed by atoms with Crippen molar-refractivity contribution < 1.29 is 9.53 Å². The van der Waals surface area contributed by atoms with Gasteiger partial charge < -0.3 is 19.4 Å². The van der Waals surface area contributed by atoms with Gasteiger partial charge in [0.2, 0.25) is 0 Å². The van der Waals surface area contributed by atoms with Crippen molar-refractivity contribution in [2.75, 3.05) is 55.7 Å². The molecule has 3 heterocycles. The maximum Gasteiger partial charge on any atom is 0.257 e. The third-order valence-electron chi connectivity index (χ3n) is 5.62. The van der Waals surface area contributed by atoms with Crippen molar-refractivity contribution in [1.29, 1.82) is 0 Å². The molecule has 0 saturated carbocycles. The molecule has 2 aliphatic rings. The summed E-state index contributed by atoms with van der Waals surface area (Å²) in [5.74, 6) is 2.53. The Hall–Kier alpha value is -2.83. The Kier molecular flexibility index (Phi) is 6.12. The predicted octanol–water partition coefficient (Wildman–Crippen LogP) is 2.83. The molecule has 0 atom stereocenters. The molecule has 0 bridgehead atoms. The zero-order chi connectivity index (χ0) is 20.1. The fourth-order valence-electron chi connectivity index (χ4n) is 4.01. The number of nitrogens with zero attached hydrogens (tertiary/aromatic N) is 5. The van der Waals surface area contributed by atoms with Gasteiger partial charge in [-0.05, 0) is 50.5 Å². The van der Waals surface area contributed by atoms with Crippen molar-refractivity contribution in [2.45, 2.75) is 26.2 Å². The van der Waals surface area contributed by atoms with E-state index in [4.69, 9.17) is 4.74 Å². The third-order valence-corrected chi connectivity index (χ3v) is 5.62. The molecule has 1 aromatic carbocycles. The van der Waals surface area contributed by atoms with Gasteiger partial charge in [-0.15, -0.1) is 10.2 Å². The molecule has 7 nitrogen and oxygen atoms in total. The first-order chi connectivity index (χ1) is 14.3. The Bertz CT molecular complexity index is 812. The van der Waals surface area contributed by atoms with E-state index < -0.39 is 0 Å². The van der Waals surface area contributed by atoms with Crippen molar-refractivity contribution in [3.8, 4) is 5.75 Å². The lowest BCUT2D eigenvalue weighted by Gasteiger charge is -2.35. The van der Waals surface area contributed by atoms with E-state index >= 15 is 0 Å². The lowest BCUT2D eigenvalue weighted by Crippen LogP contribution is -2.49. The van der Waals surface area contributed by atoms with Crippen LogP contribution in [0, 0.1) is 0 Å². The van der Waals surface area contributed by atoms with Crippen molar-refractivity contribution in [3.05, 3.63) is 42.0 Å². The summed E-state index contributed by atoms with van der Waals surface area (Å²) in [6.45, 7) is 7.43. The second kappa shape index (κ2) is 9.11. The number of anilines is 2. The third kappa shape index (κ3) is 4.44. The fourth-order valence-corrected chi connectivity index (χ4v) is 4.01. The topological polar surface area (TPSA) is 61.8 Å². The second-order valence-electron chi connectivity index (χ2n) is 7.51. The first-order valence-corrected chi connectivity index (χ1v) is 10.6. The first kappa shape index (κ1) is 19.5. The number of carbonyl (C=O) groups excluding carboxylic acids is 1. The summed E-state index contributed by atoms with van der Waals surface area (Å²) >= 11 is 0. The molecule has 0 aliphatic carbocycles. The molecule has 0 spiro atoms. The van der Waals surface area contributed by atoms with Gasteiger partial charge >= 0.3 is 0 Å². The molecule has 2 aliphatic heterocycles. The monoisotopic (exact) mass is 395 g/mol. The van der Waals surface area contributed by atoms with Crippen molar-refractivity contribution in [3.63, 3.8) is 0 Å². The van der Waals surface area contributed by atoms with Crippen LogP contribution in [0.15, 0.2) is 36.4 Å². The van der Waals surface area contributed by atoms with Crippen LogP contribution in [0.3, 0.4) is 0 Å². The standard InChI is InChI=1S/C22H29N5O2/c1-2-29-19-9-5-4-8-18(19)22(28)27-16-14-26(15-17-27)21-11-10-20(23-24-21)25-12-6-3-7-13-25/h4-5,8-11H,2-3,6-7,12-17H2,1H3. The summed E-state index contributed by atoms with van der Waals surface area (Å²) in [5, 5.41) is 8.90. The van der Waals surface area contributed by atoms with Gasteiger partial charge in [-0.3, -0.25) is 4.79 Å². The Morgan fingerprint density at radius 2 is 1.48 bits per heavy atom. The summed E-state index contributed by atoms with van der Waals surface area (Å²) in [7, 11) is 0. The molecule has 154 valence electrons. The summed E-state index contributed by atoms with van der Waals surface area (Å²) in [5.41, 5.74) is 0.633. The SMILES string of the molecule is CCOc1ccccc1C(=O)N1CCN(c2ccc(N3CCCCC3)nn2)CC1. The van der Waals surface area contributed by atoms with E-state index in [2.05, 4.69) is 32.1 Å². The van der Waals surface area contributed by atoms with E-state index in [1.807, 2.05) is 36.1 Å². The van der Waals surface area contributed by atoms with Crippen LogP contribution in [0.1, 0.15) is 36.5 Å². The minimum Gasteiger partial charge on any atom is -0.493 e. The number of aromatic nitrogens is 2. The zero-order valence-electron chi connectivity index (χ0n) is 17.1. The van der Waals surface area contributed by atoms with Crippen molar-refractivity contribution in [2.24, 2.45) is 0 Å². The molecule has 7 heteroatoms. The number of ether oxygens (including phenoxy) is 1. The van der Waals surface area contributed by atoms with E-state index in [9.17, 15) is 4.79 Å². The van der Waals surface area contributed by atoms with E-state index in [1.54, 1.807) is 0 Å². The van der Waals surface area contributed by atoms with E-state index in [0.717, 1.165) is 37.8 Å². The Morgan fingerprint density at radius 3 is 2.10 bits per heavy atom. The number of amides is 1. The van der Waals surface area contributed by atoms with E-state index in [-0.39, 0.29) is 5.91 Å². The summed E-state index contributed by atoms with van der Waals surface area (Å²) in [6.07, 6.45) is 3.76. The molecule has 4 rings (SSSR count). The second-order valence-corrected chi connectivity index (χ2v) is 7.51. The molecule has 1 amide bonds.